The number of carbonyl (C=O) groups is 1. The van der Waals surface area contributed by atoms with Crippen molar-refractivity contribution in [2.24, 2.45) is 0 Å². The van der Waals surface area contributed by atoms with Crippen LogP contribution in [-0.2, 0) is 0 Å². The first-order valence-corrected chi connectivity index (χ1v) is 7.38. The van der Waals surface area contributed by atoms with Crippen LogP contribution in [0.2, 0.25) is 0 Å². The van der Waals surface area contributed by atoms with Crippen LogP contribution in [0.25, 0.3) is 0 Å². The second-order valence-electron chi connectivity index (χ2n) is 3.83. The van der Waals surface area contributed by atoms with Crippen LogP contribution in [-0.4, -0.2) is 32.1 Å². The molecule has 6 nitrogen and oxygen atoms in total. The van der Waals surface area contributed by atoms with Crippen molar-refractivity contribution in [2.45, 2.75) is 12.1 Å². The number of hydrogen-bond donors (Lipinski definition) is 2. The lowest BCUT2D eigenvalue weighted by atomic mass is 10.2. The van der Waals surface area contributed by atoms with Gasteiger partial charge in [0.15, 0.2) is 5.11 Å². The number of nitrogens with one attached hydrogen (secondary N) is 2. The zero-order chi connectivity index (χ0) is 14.5. The molecule has 0 bridgehead atoms. The number of amides is 1. The highest BCUT2D eigenvalue weighted by Gasteiger charge is 2.11. The van der Waals surface area contributed by atoms with Crippen LogP contribution < -0.4 is 10.7 Å². The van der Waals surface area contributed by atoms with Gasteiger partial charge in [-0.3, -0.25) is 15.5 Å². The van der Waals surface area contributed by atoms with Crippen molar-refractivity contribution < 1.29 is 4.79 Å². The fourth-order valence-corrected chi connectivity index (χ4v) is 2.16. The fourth-order valence-electron chi connectivity index (χ4n) is 1.50. The highest BCUT2D eigenvalue weighted by molar-refractivity contribution is 7.98. The van der Waals surface area contributed by atoms with Gasteiger partial charge in [-0.2, -0.15) is 0 Å². The average molecular weight is 307 g/mol. The Bertz CT molecular complexity index is 626. The summed E-state index contributed by atoms with van der Waals surface area (Å²) in [4.78, 5) is 11.9. The first-order valence-electron chi connectivity index (χ1n) is 5.75. The number of thioether (sulfide) groups is 1. The van der Waals surface area contributed by atoms with Crippen molar-refractivity contribution >= 4 is 35.0 Å². The third kappa shape index (κ3) is 3.34. The van der Waals surface area contributed by atoms with Crippen LogP contribution in [0.1, 0.15) is 16.2 Å². The van der Waals surface area contributed by atoms with Gasteiger partial charge in [0.2, 0.25) is 5.16 Å². The highest BCUT2D eigenvalue weighted by Crippen LogP contribution is 2.10. The third-order valence-electron chi connectivity index (χ3n) is 2.45. The minimum atomic E-state index is -0.264. The maximum atomic E-state index is 11.9. The second kappa shape index (κ2) is 6.49. The van der Waals surface area contributed by atoms with Gasteiger partial charge in [-0.25, -0.2) is 4.68 Å². The second-order valence-corrected chi connectivity index (χ2v) is 5.01. The number of nitrogens with zero attached hydrogens (tertiary/aromatic N) is 3. The molecule has 0 radical (unpaired) electrons. The molecule has 0 aliphatic rings. The lowest BCUT2D eigenvalue weighted by molar-refractivity contribution is 0.0977. The minimum Gasteiger partial charge on any atom is -0.298 e. The van der Waals surface area contributed by atoms with Gasteiger partial charge in [0.25, 0.3) is 5.91 Å². The highest BCUT2D eigenvalue weighted by atomic mass is 32.2. The molecule has 1 heterocycles. The smallest absolute Gasteiger partial charge is 0.257 e. The van der Waals surface area contributed by atoms with Crippen molar-refractivity contribution in [3.05, 3.63) is 41.7 Å². The van der Waals surface area contributed by atoms with E-state index in [2.05, 4.69) is 20.9 Å². The molecule has 20 heavy (non-hydrogen) atoms. The van der Waals surface area contributed by atoms with Gasteiger partial charge in [-0.05, 0) is 37.5 Å². The molecular weight excluding hydrogens is 294 g/mol. The van der Waals surface area contributed by atoms with Crippen LogP contribution in [0, 0.1) is 6.92 Å². The molecule has 8 heteroatoms. The summed E-state index contributed by atoms with van der Waals surface area (Å²) in [6, 6.07) is 8.87. The molecule has 0 saturated carbocycles. The zero-order valence-electron chi connectivity index (χ0n) is 11.0. The van der Waals surface area contributed by atoms with E-state index in [9.17, 15) is 4.79 Å². The quantitative estimate of drug-likeness (QED) is 0.662. The van der Waals surface area contributed by atoms with Crippen LogP contribution in [0.5, 0.6) is 0 Å². The summed E-state index contributed by atoms with van der Waals surface area (Å²) in [5.74, 6) is 0.394. The van der Waals surface area contributed by atoms with Gasteiger partial charge in [-0.1, -0.05) is 30.0 Å². The van der Waals surface area contributed by atoms with Crippen LogP contribution in [0.3, 0.4) is 0 Å². The topological polar surface area (TPSA) is 71.8 Å². The molecule has 104 valence electrons. The Kier molecular flexibility index (Phi) is 4.70. The first-order chi connectivity index (χ1) is 9.61. The maximum absolute atomic E-state index is 11.9. The summed E-state index contributed by atoms with van der Waals surface area (Å²) in [7, 11) is 0. The summed E-state index contributed by atoms with van der Waals surface area (Å²) in [6.45, 7) is 1.79. The van der Waals surface area contributed by atoms with E-state index in [-0.39, 0.29) is 11.0 Å². The van der Waals surface area contributed by atoms with E-state index in [1.165, 1.54) is 11.8 Å². The molecular formula is C12H13N5OS2. The predicted molar refractivity (Wildman–Crippen MR) is 82.4 cm³/mol. The molecule has 0 aliphatic carbocycles. The van der Waals surface area contributed by atoms with E-state index in [1.54, 1.807) is 35.9 Å². The Balaban J connectivity index is 2.03. The van der Waals surface area contributed by atoms with Gasteiger partial charge < -0.3 is 0 Å². The molecule has 2 aromatic rings. The van der Waals surface area contributed by atoms with Crippen molar-refractivity contribution in [3.63, 3.8) is 0 Å². The molecule has 0 atom stereocenters. The van der Waals surface area contributed by atoms with Gasteiger partial charge in [0.1, 0.15) is 5.82 Å². The van der Waals surface area contributed by atoms with Crippen molar-refractivity contribution in [1.82, 2.24) is 20.2 Å². The number of benzene rings is 1. The van der Waals surface area contributed by atoms with E-state index in [0.29, 0.717) is 16.5 Å². The number of hydrogen-bond acceptors (Lipinski definition) is 5. The van der Waals surface area contributed by atoms with E-state index in [4.69, 9.17) is 12.2 Å². The number of rotatable bonds is 3. The third-order valence-corrected chi connectivity index (χ3v) is 3.28. The molecule has 2 N–H and O–H groups in total. The molecule has 0 fully saturated rings. The maximum Gasteiger partial charge on any atom is 0.257 e. The Morgan fingerprint density at radius 2 is 2.00 bits per heavy atom. The Morgan fingerprint density at radius 3 is 2.65 bits per heavy atom. The summed E-state index contributed by atoms with van der Waals surface area (Å²) in [5, 5.41) is 11.4. The van der Waals surface area contributed by atoms with Crippen LogP contribution in [0.15, 0.2) is 35.5 Å². The molecule has 1 aromatic carbocycles. The molecule has 0 spiro atoms. The number of carbonyl (C=O) groups excluding carboxylic acids is 1. The van der Waals surface area contributed by atoms with E-state index >= 15 is 0 Å². The normalized spacial score (nSPS) is 10.1. The molecule has 1 amide bonds. The fraction of sp³-hybridized carbons (Fsp3) is 0.167. The van der Waals surface area contributed by atoms with Crippen LogP contribution in [0.4, 0.5) is 0 Å². The Morgan fingerprint density at radius 1 is 1.30 bits per heavy atom. The first kappa shape index (κ1) is 14.5. The standard InChI is InChI=1S/C12H13N5OS2/c1-8-14-15-12(20-2)17(8)16-11(19)13-10(18)9-6-4-3-5-7-9/h3-7H,1-2H3,(H2,13,16,18,19). The van der Waals surface area contributed by atoms with Crippen molar-refractivity contribution in [1.29, 1.82) is 0 Å². The molecule has 0 unspecified atom stereocenters. The molecule has 2 rings (SSSR count). The summed E-state index contributed by atoms with van der Waals surface area (Å²) in [5.41, 5.74) is 3.42. The van der Waals surface area contributed by atoms with Gasteiger partial charge in [-0.15, -0.1) is 10.2 Å². The summed E-state index contributed by atoms with van der Waals surface area (Å²) < 4.78 is 1.62. The number of aryl methyl sites for hydroxylation is 1. The summed E-state index contributed by atoms with van der Waals surface area (Å²) >= 11 is 6.54. The monoisotopic (exact) mass is 307 g/mol. The lowest BCUT2D eigenvalue weighted by Crippen LogP contribution is -2.38. The predicted octanol–water partition coefficient (Wildman–Crippen LogP) is 1.57. The van der Waals surface area contributed by atoms with Crippen LogP contribution >= 0.6 is 24.0 Å². The van der Waals surface area contributed by atoms with E-state index in [0.717, 1.165) is 0 Å². The van der Waals surface area contributed by atoms with Crippen molar-refractivity contribution in [2.75, 3.05) is 11.7 Å². The van der Waals surface area contributed by atoms with Crippen molar-refractivity contribution in [3.8, 4) is 0 Å². The zero-order valence-corrected chi connectivity index (χ0v) is 12.6. The SMILES string of the molecule is CSc1nnc(C)n1NC(=S)NC(=O)c1ccccc1. The van der Waals surface area contributed by atoms with E-state index < -0.39 is 0 Å². The minimum absolute atomic E-state index is 0.192. The number of thiocarbonyl (C=S) groups is 1. The largest absolute Gasteiger partial charge is 0.298 e. The molecule has 0 aliphatic heterocycles. The molecule has 1 aromatic heterocycles. The summed E-state index contributed by atoms with van der Waals surface area (Å²) in [6.07, 6.45) is 1.88. The van der Waals surface area contributed by atoms with Gasteiger partial charge in [0, 0.05) is 5.56 Å². The Labute approximate surface area is 125 Å². The Hall–Kier alpha value is -1.93. The van der Waals surface area contributed by atoms with Gasteiger partial charge >= 0.3 is 0 Å². The molecule has 0 saturated heterocycles. The van der Waals surface area contributed by atoms with Gasteiger partial charge in [0.05, 0.1) is 0 Å². The van der Waals surface area contributed by atoms with E-state index in [1.807, 2.05) is 12.3 Å². The average Bonchev–Trinajstić information content (AvgIpc) is 2.80. The lowest BCUT2D eigenvalue weighted by Gasteiger charge is -2.12. The number of aromatic nitrogens is 3.